The van der Waals surface area contributed by atoms with Crippen LogP contribution in [0.2, 0.25) is 0 Å². The number of hydrogen-bond acceptors (Lipinski definition) is 1. The molecule has 0 aromatic heterocycles. The predicted octanol–water partition coefficient (Wildman–Crippen LogP) is 3.54. The highest BCUT2D eigenvalue weighted by Crippen LogP contribution is 2.34. The molecule has 0 aliphatic heterocycles. The number of rotatable bonds is 2. The van der Waals surface area contributed by atoms with Crippen LogP contribution in [0.4, 0.5) is 0 Å². The fourth-order valence-electron chi connectivity index (χ4n) is 2.73. The van der Waals surface area contributed by atoms with E-state index in [1.807, 2.05) is 6.07 Å². The highest BCUT2D eigenvalue weighted by molar-refractivity contribution is 5.36. The van der Waals surface area contributed by atoms with Gasteiger partial charge in [-0.2, -0.15) is 0 Å². The van der Waals surface area contributed by atoms with Gasteiger partial charge in [-0.25, -0.2) is 0 Å². The molecular formula is C14H20O. The van der Waals surface area contributed by atoms with Crippen LogP contribution in [0.15, 0.2) is 18.2 Å². The van der Waals surface area contributed by atoms with Crippen LogP contribution in [0.5, 0.6) is 0 Å². The molecule has 82 valence electrons. The van der Waals surface area contributed by atoms with Gasteiger partial charge in [0.05, 0.1) is 6.61 Å². The number of benzene rings is 1. The quantitative estimate of drug-likeness (QED) is 0.781. The van der Waals surface area contributed by atoms with Crippen molar-refractivity contribution < 1.29 is 5.11 Å². The molecule has 15 heavy (non-hydrogen) atoms. The van der Waals surface area contributed by atoms with Crippen molar-refractivity contribution in [2.75, 3.05) is 0 Å². The first kappa shape index (κ1) is 10.7. The maximum Gasteiger partial charge on any atom is 0.0684 e. The van der Waals surface area contributed by atoms with Gasteiger partial charge < -0.3 is 5.11 Å². The van der Waals surface area contributed by atoms with Crippen LogP contribution in [0.3, 0.4) is 0 Å². The van der Waals surface area contributed by atoms with Crippen molar-refractivity contribution in [1.82, 2.24) is 0 Å². The van der Waals surface area contributed by atoms with E-state index in [0.717, 1.165) is 11.5 Å². The lowest BCUT2D eigenvalue weighted by molar-refractivity contribution is 0.280. The molecule has 0 saturated heterocycles. The summed E-state index contributed by atoms with van der Waals surface area (Å²) in [5.41, 5.74) is 3.88. The van der Waals surface area contributed by atoms with Crippen LogP contribution < -0.4 is 0 Å². The second-order valence-electron chi connectivity index (χ2n) is 4.62. The average molecular weight is 204 g/mol. The lowest BCUT2D eigenvalue weighted by Gasteiger charge is -2.24. The Hall–Kier alpha value is -0.820. The normalized spacial score (nSPS) is 18.0. The van der Waals surface area contributed by atoms with Gasteiger partial charge in [0.2, 0.25) is 0 Å². The molecule has 1 aromatic carbocycles. The summed E-state index contributed by atoms with van der Waals surface area (Å²) in [6.07, 6.45) is 6.79. The van der Waals surface area contributed by atoms with Crippen molar-refractivity contribution in [1.29, 1.82) is 0 Å². The molecule has 1 aliphatic carbocycles. The van der Waals surface area contributed by atoms with Gasteiger partial charge in [0, 0.05) is 0 Å². The Kier molecular flexibility index (Phi) is 3.42. The van der Waals surface area contributed by atoms with E-state index in [2.05, 4.69) is 19.1 Å². The van der Waals surface area contributed by atoms with Crippen LogP contribution in [-0.4, -0.2) is 5.11 Å². The van der Waals surface area contributed by atoms with Crippen molar-refractivity contribution >= 4 is 0 Å². The predicted molar refractivity (Wildman–Crippen MR) is 62.9 cm³/mol. The zero-order valence-electron chi connectivity index (χ0n) is 9.50. The Morgan fingerprint density at radius 3 is 2.60 bits per heavy atom. The van der Waals surface area contributed by atoms with Crippen molar-refractivity contribution in [2.45, 2.75) is 51.6 Å². The van der Waals surface area contributed by atoms with Crippen LogP contribution in [0.1, 0.15) is 54.7 Å². The van der Waals surface area contributed by atoms with E-state index in [1.54, 1.807) is 0 Å². The molecule has 0 radical (unpaired) electrons. The van der Waals surface area contributed by atoms with E-state index in [0.29, 0.717) is 0 Å². The molecule has 2 rings (SSSR count). The van der Waals surface area contributed by atoms with E-state index >= 15 is 0 Å². The summed E-state index contributed by atoms with van der Waals surface area (Å²) in [4.78, 5) is 0. The summed E-state index contributed by atoms with van der Waals surface area (Å²) in [5, 5.41) is 9.24. The second kappa shape index (κ2) is 4.80. The lowest BCUT2D eigenvalue weighted by atomic mass is 9.81. The third-order valence-corrected chi connectivity index (χ3v) is 3.70. The minimum atomic E-state index is 0.173. The Balaban J connectivity index is 2.26. The molecule has 1 saturated carbocycles. The molecule has 0 heterocycles. The maximum atomic E-state index is 9.24. The highest BCUT2D eigenvalue weighted by Gasteiger charge is 2.17. The standard InChI is InChI=1S/C14H20O/c1-11-13(10-15)8-5-9-14(11)12-6-3-2-4-7-12/h5,8-9,12,15H,2-4,6-7,10H2,1H3. The number of hydrogen-bond donors (Lipinski definition) is 1. The van der Waals surface area contributed by atoms with E-state index in [4.69, 9.17) is 0 Å². The van der Waals surface area contributed by atoms with E-state index in [9.17, 15) is 5.11 Å². The number of aliphatic hydroxyl groups excluding tert-OH is 1. The van der Waals surface area contributed by atoms with Gasteiger partial charge >= 0.3 is 0 Å². The van der Waals surface area contributed by atoms with Gasteiger partial charge in [-0.1, -0.05) is 37.5 Å². The Labute approximate surface area is 92.1 Å². The first-order valence-corrected chi connectivity index (χ1v) is 6.02. The summed E-state index contributed by atoms with van der Waals surface area (Å²) in [7, 11) is 0. The van der Waals surface area contributed by atoms with Crippen molar-refractivity contribution in [3.8, 4) is 0 Å². The molecule has 0 atom stereocenters. The van der Waals surface area contributed by atoms with Gasteiger partial charge in [-0.3, -0.25) is 0 Å². The van der Waals surface area contributed by atoms with Crippen LogP contribution >= 0.6 is 0 Å². The van der Waals surface area contributed by atoms with Gasteiger partial charge in [0.1, 0.15) is 0 Å². The summed E-state index contributed by atoms with van der Waals surface area (Å²) < 4.78 is 0. The molecule has 0 unspecified atom stereocenters. The minimum absolute atomic E-state index is 0.173. The maximum absolute atomic E-state index is 9.24. The SMILES string of the molecule is Cc1c(CO)cccc1C1CCCCC1. The lowest BCUT2D eigenvalue weighted by Crippen LogP contribution is -2.07. The first-order chi connectivity index (χ1) is 7.33. The summed E-state index contributed by atoms with van der Waals surface area (Å²) in [5.74, 6) is 0.741. The third kappa shape index (κ3) is 2.23. The molecule has 1 aromatic rings. The summed E-state index contributed by atoms with van der Waals surface area (Å²) in [6.45, 7) is 2.32. The van der Waals surface area contributed by atoms with Gasteiger partial charge in [-0.15, -0.1) is 0 Å². The molecule has 0 bridgehead atoms. The Bertz CT molecular complexity index is 324. The van der Waals surface area contributed by atoms with Gasteiger partial charge in [0.15, 0.2) is 0 Å². The molecule has 1 N–H and O–H groups in total. The smallest absolute Gasteiger partial charge is 0.0684 e. The fraction of sp³-hybridized carbons (Fsp3) is 0.571. The molecule has 1 heteroatoms. The fourth-order valence-corrected chi connectivity index (χ4v) is 2.73. The Morgan fingerprint density at radius 1 is 1.20 bits per heavy atom. The molecule has 1 nitrogen and oxygen atoms in total. The zero-order valence-corrected chi connectivity index (χ0v) is 9.50. The van der Waals surface area contributed by atoms with E-state index < -0.39 is 0 Å². The van der Waals surface area contributed by atoms with Crippen LogP contribution in [0, 0.1) is 6.92 Å². The van der Waals surface area contributed by atoms with Crippen molar-refractivity contribution in [3.05, 3.63) is 34.9 Å². The minimum Gasteiger partial charge on any atom is -0.392 e. The zero-order chi connectivity index (χ0) is 10.7. The van der Waals surface area contributed by atoms with Crippen molar-refractivity contribution in [3.63, 3.8) is 0 Å². The van der Waals surface area contributed by atoms with Crippen LogP contribution in [-0.2, 0) is 6.61 Å². The Morgan fingerprint density at radius 2 is 1.93 bits per heavy atom. The second-order valence-corrected chi connectivity index (χ2v) is 4.62. The molecule has 1 fully saturated rings. The van der Waals surface area contributed by atoms with E-state index in [-0.39, 0.29) is 6.61 Å². The first-order valence-electron chi connectivity index (χ1n) is 6.02. The topological polar surface area (TPSA) is 20.2 Å². The third-order valence-electron chi connectivity index (χ3n) is 3.70. The van der Waals surface area contributed by atoms with Gasteiger partial charge in [-0.05, 0) is 42.4 Å². The highest BCUT2D eigenvalue weighted by atomic mass is 16.3. The molecule has 0 spiro atoms. The number of aliphatic hydroxyl groups is 1. The van der Waals surface area contributed by atoms with E-state index in [1.165, 1.54) is 43.2 Å². The van der Waals surface area contributed by atoms with Crippen molar-refractivity contribution in [2.24, 2.45) is 0 Å². The monoisotopic (exact) mass is 204 g/mol. The largest absolute Gasteiger partial charge is 0.392 e. The average Bonchev–Trinajstić information content (AvgIpc) is 2.30. The summed E-state index contributed by atoms with van der Waals surface area (Å²) >= 11 is 0. The van der Waals surface area contributed by atoms with Crippen LogP contribution in [0.25, 0.3) is 0 Å². The molecule has 0 amide bonds. The summed E-state index contributed by atoms with van der Waals surface area (Å²) in [6, 6.07) is 6.36. The molecular weight excluding hydrogens is 184 g/mol. The molecule has 1 aliphatic rings. The van der Waals surface area contributed by atoms with Gasteiger partial charge in [0.25, 0.3) is 0 Å².